The van der Waals surface area contributed by atoms with Gasteiger partial charge in [-0.25, -0.2) is 0 Å². The van der Waals surface area contributed by atoms with E-state index < -0.39 is 23.5 Å². The Labute approximate surface area is 183 Å². The van der Waals surface area contributed by atoms with Crippen molar-refractivity contribution in [2.45, 2.75) is 31.8 Å². The molecule has 8 heteroatoms. The van der Waals surface area contributed by atoms with Gasteiger partial charge in [-0.15, -0.1) is 11.3 Å². The Hall–Kier alpha value is -3.36. The molecule has 2 aromatic heterocycles. The molecule has 4 rings (SSSR count). The monoisotopic (exact) mass is 439 g/mol. The minimum Gasteiger partial charge on any atom is -0.480 e. The van der Waals surface area contributed by atoms with Crippen LogP contribution in [0.1, 0.15) is 19.4 Å². The molecule has 0 aliphatic heterocycles. The van der Waals surface area contributed by atoms with Crippen molar-refractivity contribution < 1.29 is 19.8 Å². The summed E-state index contributed by atoms with van der Waals surface area (Å²) in [6.07, 6.45) is 2.13. The summed E-state index contributed by atoms with van der Waals surface area (Å²) in [7, 11) is 0. The Morgan fingerprint density at radius 2 is 1.77 bits per heavy atom. The number of anilines is 1. The normalized spacial score (nSPS) is 13.8. The maximum Gasteiger partial charge on any atom is 0.325 e. The summed E-state index contributed by atoms with van der Waals surface area (Å²) in [6.45, 7) is 3.16. The number of hydrogen-bond donors (Lipinski definition) is 5. The lowest BCUT2D eigenvalue weighted by atomic mass is 9.94. The van der Waals surface area contributed by atoms with Gasteiger partial charge in [-0.1, -0.05) is 36.4 Å². The number of benzene rings is 2. The highest BCUT2D eigenvalue weighted by atomic mass is 32.1. The smallest absolute Gasteiger partial charge is 0.325 e. The number of aliphatic carboxylic acids is 2. The van der Waals surface area contributed by atoms with Gasteiger partial charge in [0.05, 0.1) is 5.69 Å². The van der Waals surface area contributed by atoms with Gasteiger partial charge in [0.1, 0.15) is 11.6 Å². The average Bonchev–Trinajstić information content (AvgIpc) is 3.33. The molecule has 0 unspecified atom stereocenters. The average molecular weight is 440 g/mol. The minimum absolute atomic E-state index is 0.312. The summed E-state index contributed by atoms with van der Waals surface area (Å²) >= 11 is 1.61. The van der Waals surface area contributed by atoms with Crippen molar-refractivity contribution in [1.82, 2.24) is 4.98 Å². The molecule has 2 heterocycles. The van der Waals surface area contributed by atoms with E-state index >= 15 is 0 Å². The van der Waals surface area contributed by atoms with Crippen LogP contribution in [-0.4, -0.2) is 38.7 Å². The first kappa shape index (κ1) is 22.3. The number of H-pyrrole nitrogens is 1. The first-order chi connectivity index (χ1) is 14.7. The quantitative estimate of drug-likeness (QED) is 0.305. The second kappa shape index (κ2) is 9.20. The fraction of sp³-hybridized carbons (Fsp3) is 0.217. The Morgan fingerprint density at radius 3 is 2.45 bits per heavy atom. The number of carboxylic acid groups (broad SMARTS) is 2. The number of carboxylic acids is 2. The van der Waals surface area contributed by atoms with Crippen LogP contribution < -0.4 is 11.1 Å². The molecule has 0 spiro atoms. The maximum atomic E-state index is 10.9. The summed E-state index contributed by atoms with van der Waals surface area (Å²) in [6, 6.07) is 15.1. The molecule has 0 fully saturated rings. The zero-order valence-electron chi connectivity index (χ0n) is 17.3. The highest BCUT2D eigenvalue weighted by molar-refractivity contribution is 7.17. The standard InChI is InChI=1S/C12H14N2O2.C11H11NO2S/c1-12(13,11(15)16)6-8-7-14-10-5-3-2-4-9(8)10;1-7(11(13)14)12-9-6-15-10-5-3-2-4-8(9)10/h2-5,7,14H,6,13H2,1H3,(H,15,16);2-7,12H,1H3,(H,13,14)/t12-;7-/m01/s1. The Bertz CT molecular complexity index is 1210. The zero-order chi connectivity index (χ0) is 22.6. The van der Waals surface area contributed by atoms with Gasteiger partial charge in [0, 0.05) is 39.0 Å². The van der Waals surface area contributed by atoms with Gasteiger partial charge in [0.25, 0.3) is 0 Å². The largest absolute Gasteiger partial charge is 0.480 e. The molecule has 0 aliphatic carbocycles. The van der Waals surface area contributed by atoms with Gasteiger partial charge < -0.3 is 26.2 Å². The number of nitrogens with two attached hydrogens (primary N) is 1. The minimum atomic E-state index is -1.23. The molecule has 7 nitrogen and oxygen atoms in total. The van der Waals surface area contributed by atoms with Crippen LogP contribution >= 0.6 is 11.3 Å². The lowest BCUT2D eigenvalue weighted by molar-refractivity contribution is -0.142. The molecule has 0 radical (unpaired) electrons. The van der Waals surface area contributed by atoms with E-state index in [2.05, 4.69) is 10.3 Å². The van der Waals surface area contributed by atoms with E-state index in [0.29, 0.717) is 6.42 Å². The third-order valence-electron chi connectivity index (χ3n) is 4.94. The van der Waals surface area contributed by atoms with Gasteiger partial charge in [-0.3, -0.25) is 9.59 Å². The van der Waals surface area contributed by atoms with Crippen LogP contribution in [0.2, 0.25) is 0 Å². The van der Waals surface area contributed by atoms with Crippen molar-refractivity contribution in [3.05, 3.63) is 65.7 Å². The van der Waals surface area contributed by atoms with Crippen LogP contribution in [0.25, 0.3) is 21.0 Å². The Kier molecular flexibility index (Phi) is 6.62. The highest BCUT2D eigenvalue weighted by Crippen LogP contribution is 2.30. The molecular weight excluding hydrogens is 414 g/mol. The lowest BCUT2D eigenvalue weighted by Crippen LogP contribution is -2.46. The lowest BCUT2D eigenvalue weighted by Gasteiger charge is -2.18. The van der Waals surface area contributed by atoms with Crippen molar-refractivity contribution in [2.75, 3.05) is 5.32 Å². The molecule has 31 heavy (non-hydrogen) atoms. The van der Waals surface area contributed by atoms with Crippen LogP contribution in [-0.2, 0) is 16.0 Å². The van der Waals surface area contributed by atoms with Crippen molar-refractivity contribution in [1.29, 1.82) is 0 Å². The van der Waals surface area contributed by atoms with Gasteiger partial charge in [0.15, 0.2) is 0 Å². The third-order valence-corrected chi connectivity index (χ3v) is 5.91. The molecule has 0 bridgehead atoms. The molecule has 6 N–H and O–H groups in total. The molecule has 162 valence electrons. The van der Waals surface area contributed by atoms with Crippen molar-refractivity contribution >= 4 is 50.0 Å². The predicted molar refractivity (Wildman–Crippen MR) is 125 cm³/mol. The SMILES string of the molecule is C[C@@H](Nc1csc2ccccc12)C(=O)O.C[C@](N)(Cc1c[nH]c2ccccc12)C(=O)O. The first-order valence-corrected chi connectivity index (χ1v) is 10.6. The Morgan fingerprint density at radius 1 is 1.13 bits per heavy atom. The maximum absolute atomic E-state index is 10.9. The molecule has 0 aliphatic rings. The van der Waals surface area contributed by atoms with Gasteiger partial charge >= 0.3 is 11.9 Å². The van der Waals surface area contributed by atoms with Gasteiger partial charge in [-0.05, 0) is 31.5 Å². The van der Waals surface area contributed by atoms with Crippen molar-refractivity contribution in [2.24, 2.45) is 5.73 Å². The number of para-hydroxylation sites is 1. The van der Waals surface area contributed by atoms with Crippen LogP contribution in [0.15, 0.2) is 60.1 Å². The number of nitrogens with one attached hydrogen (secondary N) is 2. The first-order valence-electron chi connectivity index (χ1n) is 9.72. The Balaban J connectivity index is 0.000000176. The van der Waals surface area contributed by atoms with E-state index in [9.17, 15) is 9.59 Å². The molecule has 4 aromatic rings. The predicted octanol–water partition coefficient (Wildman–Crippen LogP) is 4.30. The number of aromatic amines is 1. The number of fused-ring (bicyclic) bond motifs is 2. The molecule has 2 aromatic carbocycles. The number of hydrogen-bond acceptors (Lipinski definition) is 5. The van der Waals surface area contributed by atoms with E-state index in [0.717, 1.165) is 32.2 Å². The zero-order valence-corrected chi connectivity index (χ0v) is 18.1. The van der Waals surface area contributed by atoms with Gasteiger partial charge in [0.2, 0.25) is 0 Å². The van der Waals surface area contributed by atoms with E-state index in [4.69, 9.17) is 15.9 Å². The number of carbonyl (C=O) groups is 2. The fourth-order valence-corrected chi connectivity index (χ4v) is 4.04. The van der Waals surface area contributed by atoms with E-state index in [1.165, 1.54) is 6.92 Å². The summed E-state index contributed by atoms with van der Waals surface area (Å²) < 4.78 is 1.16. The van der Waals surface area contributed by atoms with E-state index in [1.54, 1.807) is 18.3 Å². The number of aromatic nitrogens is 1. The van der Waals surface area contributed by atoms with Gasteiger partial charge in [-0.2, -0.15) is 0 Å². The third kappa shape index (κ3) is 5.22. The summed E-state index contributed by atoms with van der Waals surface area (Å²) in [4.78, 5) is 24.8. The van der Waals surface area contributed by atoms with Crippen molar-refractivity contribution in [3.63, 3.8) is 0 Å². The fourth-order valence-electron chi connectivity index (χ4n) is 3.13. The van der Waals surface area contributed by atoms with Crippen molar-refractivity contribution in [3.8, 4) is 0 Å². The van der Waals surface area contributed by atoms with E-state index in [-0.39, 0.29) is 0 Å². The molecule has 0 saturated carbocycles. The summed E-state index contributed by atoms with van der Waals surface area (Å²) in [5.41, 5.74) is 7.32. The molecule has 0 saturated heterocycles. The topological polar surface area (TPSA) is 128 Å². The van der Waals surface area contributed by atoms with E-state index in [1.807, 2.05) is 60.1 Å². The van der Waals surface area contributed by atoms with Crippen LogP contribution in [0.3, 0.4) is 0 Å². The highest BCUT2D eigenvalue weighted by Gasteiger charge is 2.29. The molecule has 0 amide bonds. The number of thiophene rings is 1. The summed E-state index contributed by atoms with van der Waals surface area (Å²) in [5.74, 6) is -1.83. The van der Waals surface area contributed by atoms with Crippen LogP contribution in [0.4, 0.5) is 5.69 Å². The summed E-state index contributed by atoms with van der Waals surface area (Å²) in [5, 5.41) is 24.8. The molecular formula is C23H25N3O4S. The molecule has 2 atom stereocenters. The second-order valence-electron chi connectivity index (χ2n) is 7.61. The van der Waals surface area contributed by atoms with Crippen LogP contribution in [0, 0.1) is 0 Å². The number of rotatable bonds is 6. The van der Waals surface area contributed by atoms with Crippen LogP contribution in [0.5, 0.6) is 0 Å². The second-order valence-corrected chi connectivity index (χ2v) is 8.52.